The summed E-state index contributed by atoms with van der Waals surface area (Å²) < 4.78 is 1.03. The van der Waals surface area contributed by atoms with Gasteiger partial charge in [-0.2, -0.15) is 0 Å². The van der Waals surface area contributed by atoms with Crippen LogP contribution in [-0.4, -0.2) is 42.0 Å². The zero-order valence-corrected chi connectivity index (χ0v) is 19.0. The highest BCUT2D eigenvalue weighted by atomic mass is 127. The molecule has 150 valence electrons. The molecule has 0 spiro atoms. The second kappa shape index (κ2) is 10.3. The Balaban J connectivity index is 1.93. The molecule has 1 fully saturated rings. The minimum absolute atomic E-state index is 0.0302. The second-order valence-corrected chi connectivity index (χ2v) is 8.73. The summed E-state index contributed by atoms with van der Waals surface area (Å²) in [6, 6.07) is 8.14. The van der Waals surface area contributed by atoms with Crippen LogP contribution in [0.1, 0.15) is 57.6 Å². The number of piperidine rings is 1. The molecular formula is C21H32IN3O2. The Kier molecular flexibility index (Phi) is 8.38. The first-order valence-corrected chi connectivity index (χ1v) is 11.3. The fourth-order valence-corrected chi connectivity index (χ4v) is 3.98. The number of hydrogen-bond acceptors (Lipinski definition) is 2. The fourth-order valence-electron chi connectivity index (χ4n) is 3.47. The minimum Gasteiger partial charge on any atom is -0.341 e. The number of hydrogen-bond donors (Lipinski definition) is 2. The molecule has 1 saturated heterocycles. The topological polar surface area (TPSA) is 61.4 Å². The summed E-state index contributed by atoms with van der Waals surface area (Å²) in [6.45, 7) is 9.24. The molecule has 1 aromatic rings. The number of carbonyl (C=O) groups excluding carboxylic acids is 2. The quantitative estimate of drug-likeness (QED) is 0.472. The van der Waals surface area contributed by atoms with Crippen molar-refractivity contribution >= 4 is 34.5 Å². The van der Waals surface area contributed by atoms with Crippen molar-refractivity contribution in [3.05, 3.63) is 35.4 Å². The standard InChI is InChI=1S/C21H32IN3O2/c1-14(2)19(24-21(27)23-15(3)4)20(26)25-11-9-18(10-12-25)17-7-5-16(13-22)6-8-17/h5-8,14-15,18-19H,9-13H2,1-4H3,(H2,23,24,27). The first kappa shape index (κ1) is 22.0. The Morgan fingerprint density at radius 2 is 1.67 bits per heavy atom. The highest BCUT2D eigenvalue weighted by molar-refractivity contribution is 14.1. The van der Waals surface area contributed by atoms with Crippen LogP contribution in [0.15, 0.2) is 24.3 Å². The summed E-state index contributed by atoms with van der Waals surface area (Å²) in [5.74, 6) is 0.587. The van der Waals surface area contributed by atoms with Gasteiger partial charge in [0.05, 0.1) is 0 Å². The van der Waals surface area contributed by atoms with Crippen molar-refractivity contribution in [1.29, 1.82) is 0 Å². The first-order chi connectivity index (χ1) is 12.8. The lowest BCUT2D eigenvalue weighted by Gasteiger charge is -2.35. The van der Waals surface area contributed by atoms with Crippen LogP contribution in [0.4, 0.5) is 4.79 Å². The van der Waals surface area contributed by atoms with Crippen molar-refractivity contribution in [3.63, 3.8) is 0 Å². The van der Waals surface area contributed by atoms with Gasteiger partial charge in [0.1, 0.15) is 6.04 Å². The number of halogens is 1. The van der Waals surface area contributed by atoms with Gasteiger partial charge in [0, 0.05) is 23.6 Å². The van der Waals surface area contributed by atoms with Gasteiger partial charge in [-0.05, 0) is 49.7 Å². The molecule has 0 radical (unpaired) electrons. The molecule has 0 bridgehead atoms. The highest BCUT2D eigenvalue weighted by Crippen LogP contribution is 2.29. The van der Waals surface area contributed by atoms with Crippen LogP contribution in [0.3, 0.4) is 0 Å². The molecule has 6 heteroatoms. The summed E-state index contributed by atoms with van der Waals surface area (Å²) in [4.78, 5) is 26.9. The number of carbonyl (C=O) groups is 2. The molecule has 1 heterocycles. The lowest BCUT2D eigenvalue weighted by Crippen LogP contribution is -2.55. The van der Waals surface area contributed by atoms with Crippen LogP contribution >= 0.6 is 22.6 Å². The molecule has 1 aliphatic rings. The molecule has 2 rings (SSSR count). The van der Waals surface area contributed by atoms with E-state index >= 15 is 0 Å². The van der Waals surface area contributed by atoms with Gasteiger partial charge in [-0.25, -0.2) is 4.79 Å². The molecule has 0 aromatic heterocycles. The smallest absolute Gasteiger partial charge is 0.315 e. The number of urea groups is 1. The van der Waals surface area contributed by atoms with E-state index in [1.54, 1.807) is 0 Å². The molecule has 5 nitrogen and oxygen atoms in total. The maximum atomic E-state index is 13.0. The highest BCUT2D eigenvalue weighted by Gasteiger charge is 2.31. The van der Waals surface area contributed by atoms with Gasteiger partial charge in [0.25, 0.3) is 0 Å². The van der Waals surface area contributed by atoms with E-state index in [4.69, 9.17) is 0 Å². The number of nitrogens with zero attached hydrogens (tertiary/aromatic N) is 1. The average molecular weight is 485 g/mol. The number of alkyl halides is 1. The van der Waals surface area contributed by atoms with E-state index in [2.05, 4.69) is 57.5 Å². The molecule has 1 aromatic carbocycles. The molecule has 0 aliphatic carbocycles. The van der Waals surface area contributed by atoms with Crippen molar-refractivity contribution in [3.8, 4) is 0 Å². The Labute approximate surface area is 176 Å². The second-order valence-electron chi connectivity index (χ2n) is 7.97. The third kappa shape index (κ3) is 6.36. The van der Waals surface area contributed by atoms with Gasteiger partial charge < -0.3 is 15.5 Å². The average Bonchev–Trinajstić information content (AvgIpc) is 2.65. The molecule has 1 aliphatic heterocycles. The normalized spacial score (nSPS) is 16.5. The molecule has 1 unspecified atom stereocenters. The van der Waals surface area contributed by atoms with Crippen molar-refractivity contribution in [2.45, 2.75) is 63.0 Å². The van der Waals surface area contributed by atoms with Gasteiger partial charge >= 0.3 is 6.03 Å². The summed E-state index contributed by atoms with van der Waals surface area (Å²) >= 11 is 2.38. The van der Waals surface area contributed by atoms with Gasteiger partial charge in [-0.1, -0.05) is 60.7 Å². The maximum Gasteiger partial charge on any atom is 0.315 e. The number of likely N-dealkylation sites (tertiary alicyclic amines) is 1. The van der Waals surface area contributed by atoms with E-state index in [1.165, 1.54) is 11.1 Å². The number of benzene rings is 1. The Morgan fingerprint density at radius 3 is 2.15 bits per heavy atom. The van der Waals surface area contributed by atoms with Gasteiger partial charge in [-0.15, -0.1) is 0 Å². The number of nitrogens with one attached hydrogen (secondary N) is 2. The van der Waals surface area contributed by atoms with Crippen LogP contribution in [0.2, 0.25) is 0 Å². The van der Waals surface area contributed by atoms with Crippen molar-refractivity contribution in [2.24, 2.45) is 5.92 Å². The molecule has 2 N–H and O–H groups in total. The summed E-state index contributed by atoms with van der Waals surface area (Å²) in [5.41, 5.74) is 2.71. The molecule has 3 amide bonds. The lowest BCUT2D eigenvalue weighted by atomic mass is 9.88. The van der Waals surface area contributed by atoms with Crippen molar-refractivity contribution in [2.75, 3.05) is 13.1 Å². The summed E-state index contributed by atoms with van der Waals surface area (Å²) in [5, 5.41) is 5.66. The predicted molar refractivity (Wildman–Crippen MR) is 118 cm³/mol. The molecule has 27 heavy (non-hydrogen) atoms. The minimum atomic E-state index is -0.483. The van der Waals surface area contributed by atoms with E-state index in [-0.39, 0.29) is 23.9 Å². The fraction of sp³-hybridized carbons (Fsp3) is 0.619. The third-order valence-electron chi connectivity index (χ3n) is 5.05. The van der Waals surface area contributed by atoms with Crippen molar-refractivity contribution < 1.29 is 9.59 Å². The van der Waals surface area contributed by atoms with Gasteiger partial charge in [0.2, 0.25) is 5.91 Å². The largest absolute Gasteiger partial charge is 0.341 e. The van der Waals surface area contributed by atoms with Gasteiger partial charge in [0.15, 0.2) is 0 Å². The van der Waals surface area contributed by atoms with E-state index in [0.29, 0.717) is 5.92 Å². The van der Waals surface area contributed by atoms with E-state index < -0.39 is 6.04 Å². The molecule has 0 saturated carbocycles. The Bertz CT molecular complexity index is 623. The Hall–Kier alpha value is -1.31. The maximum absolute atomic E-state index is 13.0. The Morgan fingerprint density at radius 1 is 1.07 bits per heavy atom. The van der Waals surface area contributed by atoms with Gasteiger partial charge in [-0.3, -0.25) is 4.79 Å². The SMILES string of the molecule is CC(C)NC(=O)NC(C(=O)N1CCC(c2ccc(CI)cc2)CC1)C(C)C. The zero-order chi connectivity index (χ0) is 20.0. The van der Waals surface area contributed by atoms with Crippen LogP contribution in [-0.2, 0) is 9.22 Å². The molecule has 1 atom stereocenters. The van der Waals surface area contributed by atoms with Crippen LogP contribution < -0.4 is 10.6 Å². The number of rotatable bonds is 6. The van der Waals surface area contributed by atoms with Crippen LogP contribution in [0.25, 0.3) is 0 Å². The summed E-state index contributed by atoms with van der Waals surface area (Å²) in [6.07, 6.45) is 1.94. The van der Waals surface area contributed by atoms with E-state index in [1.807, 2.05) is 32.6 Å². The lowest BCUT2D eigenvalue weighted by molar-refractivity contribution is -0.135. The predicted octanol–water partition coefficient (Wildman–Crippen LogP) is 4.06. The molecular weight excluding hydrogens is 453 g/mol. The zero-order valence-electron chi connectivity index (χ0n) is 16.8. The first-order valence-electron chi connectivity index (χ1n) is 9.82. The number of amides is 3. The van der Waals surface area contributed by atoms with Crippen LogP contribution in [0.5, 0.6) is 0 Å². The monoisotopic (exact) mass is 485 g/mol. The van der Waals surface area contributed by atoms with E-state index in [0.717, 1.165) is 30.4 Å². The summed E-state index contributed by atoms with van der Waals surface area (Å²) in [7, 11) is 0. The van der Waals surface area contributed by atoms with E-state index in [9.17, 15) is 9.59 Å². The third-order valence-corrected chi connectivity index (χ3v) is 5.93. The van der Waals surface area contributed by atoms with Crippen molar-refractivity contribution in [1.82, 2.24) is 15.5 Å². The van der Waals surface area contributed by atoms with Crippen LogP contribution in [0, 0.1) is 5.92 Å².